The minimum Gasteiger partial charge on any atom is -0.332 e. The van der Waals surface area contributed by atoms with E-state index in [0.29, 0.717) is 0 Å². The number of alkyl halides is 1. The van der Waals surface area contributed by atoms with Gasteiger partial charge in [-0.3, -0.25) is 4.79 Å². The van der Waals surface area contributed by atoms with Gasteiger partial charge in [-0.05, 0) is 6.42 Å². The first-order valence-corrected chi connectivity index (χ1v) is 4.01. The van der Waals surface area contributed by atoms with Gasteiger partial charge in [0.25, 0.3) is 0 Å². The van der Waals surface area contributed by atoms with E-state index in [1.54, 1.807) is 6.41 Å². The van der Waals surface area contributed by atoms with E-state index in [1.165, 1.54) is 12.8 Å². The van der Waals surface area contributed by atoms with Crippen molar-refractivity contribution >= 4 is 18.0 Å². The maximum atomic E-state index is 9.73. The molecular weight excluding hydrogens is 150 g/mol. The molecule has 0 aromatic carbocycles. The standard InChI is InChI=1S/C7H13ClNO/c1-2-3-4-5-7(8)9-6-10/h7H,2-5H2,1H3,(H,9,10). The van der Waals surface area contributed by atoms with Crippen LogP contribution >= 0.6 is 11.6 Å². The summed E-state index contributed by atoms with van der Waals surface area (Å²) < 4.78 is 0. The van der Waals surface area contributed by atoms with Crippen LogP contribution in [-0.4, -0.2) is 11.9 Å². The highest BCUT2D eigenvalue weighted by Crippen LogP contribution is 2.05. The first-order valence-electron chi connectivity index (χ1n) is 3.58. The summed E-state index contributed by atoms with van der Waals surface area (Å²) >= 11 is 5.64. The van der Waals surface area contributed by atoms with Crippen LogP contribution in [0.15, 0.2) is 0 Å². The third-order valence-corrected chi connectivity index (χ3v) is 1.60. The molecule has 1 atom stereocenters. The summed E-state index contributed by atoms with van der Waals surface area (Å²) in [5.74, 6) is 0. The highest BCUT2D eigenvalue weighted by molar-refractivity contribution is 6.20. The lowest BCUT2D eigenvalue weighted by Crippen LogP contribution is -2.21. The van der Waals surface area contributed by atoms with E-state index in [0.717, 1.165) is 12.8 Å². The molecule has 0 aromatic heterocycles. The van der Waals surface area contributed by atoms with Crippen molar-refractivity contribution in [2.24, 2.45) is 0 Å². The van der Waals surface area contributed by atoms with Crippen LogP contribution < -0.4 is 5.32 Å². The molecule has 0 aliphatic heterocycles. The molecule has 0 saturated carbocycles. The second kappa shape index (κ2) is 6.87. The Hall–Kier alpha value is -0.240. The first kappa shape index (κ1) is 9.76. The van der Waals surface area contributed by atoms with Crippen molar-refractivity contribution in [3.63, 3.8) is 0 Å². The van der Waals surface area contributed by atoms with Crippen LogP contribution in [0.3, 0.4) is 0 Å². The van der Waals surface area contributed by atoms with E-state index in [1.807, 2.05) is 0 Å². The number of nitrogens with one attached hydrogen (secondary N) is 1. The fraction of sp³-hybridized carbons (Fsp3) is 0.857. The maximum Gasteiger partial charge on any atom is 0.310 e. The molecule has 3 heteroatoms. The summed E-state index contributed by atoms with van der Waals surface area (Å²) in [5, 5.41) is 2.36. The van der Waals surface area contributed by atoms with Crippen molar-refractivity contribution in [3.8, 4) is 0 Å². The van der Waals surface area contributed by atoms with Crippen LogP contribution in [0.5, 0.6) is 0 Å². The summed E-state index contributed by atoms with van der Waals surface area (Å²) in [7, 11) is 0. The van der Waals surface area contributed by atoms with Gasteiger partial charge in [0, 0.05) is 0 Å². The van der Waals surface area contributed by atoms with Crippen LogP contribution in [0.4, 0.5) is 0 Å². The van der Waals surface area contributed by atoms with Gasteiger partial charge in [-0.15, -0.1) is 0 Å². The van der Waals surface area contributed by atoms with Gasteiger partial charge in [0.05, 0.1) is 0 Å². The molecule has 0 aromatic rings. The Morgan fingerprint density at radius 1 is 1.60 bits per heavy atom. The number of amides is 1. The Morgan fingerprint density at radius 3 is 2.80 bits per heavy atom. The number of hydrogen-bond donors (Lipinski definition) is 1. The number of unbranched alkanes of at least 4 members (excludes halogenated alkanes) is 2. The topological polar surface area (TPSA) is 29.1 Å². The monoisotopic (exact) mass is 162 g/mol. The van der Waals surface area contributed by atoms with Crippen molar-refractivity contribution < 1.29 is 4.79 Å². The van der Waals surface area contributed by atoms with Gasteiger partial charge in [0.2, 0.25) is 0 Å². The van der Waals surface area contributed by atoms with E-state index in [-0.39, 0.29) is 5.50 Å². The van der Waals surface area contributed by atoms with Crippen molar-refractivity contribution in [1.29, 1.82) is 0 Å². The minimum absolute atomic E-state index is 0.232. The minimum atomic E-state index is -0.232. The molecule has 2 nitrogen and oxygen atoms in total. The molecule has 1 radical (unpaired) electrons. The number of halogens is 1. The molecule has 0 aliphatic rings. The van der Waals surface area contributed by atoms with E-state index in [4.69, 9.17) is 11.6 Å². The average molecular weight is 163 g/mol. The van der Waals surface area contributed by atoms with Crippen LogP contribution in [-0.2, 0) is 4.79 Å². The summed E-state index contributed by atoms with van der Waals surface area (Å²) in [4.78, 5) is 9.73. The van der Waals surface area contributed by atoms with Crippen LogP contribution in [0.25, 0.3) is 0 Å². The van der Waals surface area contributed by atoms with Crippen molar-refractivity contribution in [2.45, 2.75) is 38.1 Å². The number of hydrogen-bond acceptors (Lipinski definition) is 1. The maximum absolute atomic E-state index is 9.73. The Kier molecular flexibility index (Phi) is 6.71. The van der Waals surface area contributed by atoms with Crippen molar-refractivity contribution in [3.05, 3.63) is 0 Å². The highest BCUT2D eigenvalue weighted by Gasteiger charge is 2.00. The van der Waals surface area contributed by atoms with Gasteiger partial charge < -0.3 is 5.32 Å². The fourth-order valence-electron chi connectivity index (χ4n) is 0.710. The van der Waals surface area contributed by atoms with E-state index < -0.39 is 0 Å². The predicted octanol–water partition coefficient (Wildman–Crippen LogP) is 1.79. The SMILES string of the molecule is CCCCCC(Cl)N[C]=O. The zero-order chi connectivity index (χ0) is 7.82. The Balaban J connectivity index is 3.04. The zero-order valence-corrected chi connectivity index (χ0v) is 6.95. The van der Waals surface area contributed by atoms with Crippen LogP contribution in [0.2, 0.25) is 0 Å². The van der Waals surface area contributed by atoms with E-state index >= 15 is 0 Å². The third-order valence-electron chi connectivity index (χ3n) is 1.28. The third kappa shape index (κ3) is 5.89. The molecule has 0 spiro atoms. The van der Waals surface area contributed by atoms with Gasteiger partial charge in [0.15, 0.2) is 0 Å². The van der Waals surface area contributed by atoms with Crippen molar-refractivity contribution in [2.75, 3.05) is 0 Å². The van der Waals surface area contributed by atoms with Gasteiger partial charge in [-0.1, -0.05) is 37.8 Å². The summed E-state index contributed by atoms with van der Waals surface area (Å²) in [5.41, 5.74) is -0.232. The molecule has 1 amide bonds. The lowest BCUT2D eigenvalue weighted by Gasteiger charge is -2.04. The second-order valence-electron chi connectivity index (χ2n) is 2.21. The molecule has 0 heterocycles. The molecule has 0 bridgehead atoms. The van der Waals surface area contributed by atoms with Crippen molar-refractivity contribution in [1.82, 2.24) is 5.32 Å². The molecule has 59 valence electrons. The molecule has 0 fully saturated rings. The average Bonchev–Trinajstić information content (AvgIpc) is 1.89. The molecular formula is C7H13ClNO. The molecule has 0 saturated heterocycles. The molecule has 1 N–H and O–H groups in total. The normalized spacial score (nSPS) is 12.6. The van der Waals surface area contributed by atoms with Gasteiger partial charge in [0.1, 0.15) is 5.50 Å². The number of rotatable bonds is 6. The Morgan fingerprint density at radius 2 is 2.30 bits per heavy atom. The predicted molar refractivity (Wildman–Crippen MR) is 42.6 cm³/mol. The molecule has 0 aliphatic carbocycles. The highest BCUT2D eigenvalue weighted by atomic mass is 35.5. The van der Waals surface area contributed by atoms with Gasteiger partial charge in [-0.25, -0.2) is 0 Å². The lowest BCUT2D eigenvalue weighted by atomic mass is 10.2. The van der Waals surface area contributed by atoms with Gasteiger partial charge in [-0.2, -0.15) is 0 Å². The van der Waals surface area contributed by atoms with Crippen LogP contribution in [0.1, 0.15) is 32.6 Å². The second-order valence-corrected chi connectivity index (χ2v) is 2.74. The molecule has 10 heavy (non-hydrogen) atoms. The smallest absolute Gasteiger partial charge is 0.310 e. The quantitative estimate of drug-likeness (QED) is 0.274. The summed E-state index contributed by atoms with van der Waals surface area (Å²) in [6.45, 7) is 2.13. The molecule has 1 unspecified atom stereocenters. The largest absolute Gasteiger partial charge is 0.332 e. The Labute approximate surface area is 66.9 Å². The summed E-state index contributed by atoms with van der Waals surface area (Å²) in [6.07, 6.45) is 5.81. The first-order chi connectivity index (χ1) is 4.81. The number of carbonyl (C=O) groups excluding carboxylic acids is 1. The van der Waals surface area contributed by atoms with E-state index in [2.05, 4.69) is 12.2 Å². The van der Waals surface area contributed by atoms with Gasteiger partial charge >= 0.3 is 6.41 Å². The fourth-order valence-corrected chi connectivity index (χ4v) is 0.909. The summed E-state index contributed by atoms with van der Waals surface area (Å²) in [6, 6.07) is 0. The van der Waals surface area contributed by atoms with E-state index in [9.17, 15) is 4.79 Å². The zero-order valence-electron chi connectivity index (χ0n) is 6.19. The molecule has 0 rings (SSSR count). The Bertz CT molecular complexity index is 87.7. The van der Waals surface area contributed by atoms with Crippen LogP contribution in [0, 0.1) is 0 Å². The lowest BCUT2D eigenvalue weighted by molar-refractivity contribution is 0.529.